The fourth-order valence-electron chi connectivity index (χ4n) is 1.33. The van der Waals surface area contributed by atoms with Gasteiger partial charge in [-0.15, -0.1) is 0 Å². The van der Waals surface area contributed by atoms with Gasteiger partial charge in [0, 0.05) is 6.54 Å². The molecule has 0 aromatic carbocycles. The first-order valence-electron chi connectivity index (χ1n) is 4.24. The Labute approximate surface area is 76.8 Å². The van der Waals surface area contributed by atoms with Crippen molar-refractivity contribution in [3.05, 3.63) is 0 Å². The lowest BCUT2D eigenvalue weighted by atomic mass is 10.2. The van der Waals surface area contributed by atoms with Crippen LogP contribution in [0.15, 0.2) is 0 Å². The predicted molar refractivity (Wildman–Crippen MR) is 45.8 cm³/mol. The molecule has 5 nitrogen and oxygen atoms in total. The van der Waals surface area contributed by atoms with Gasteiger partial charge in [0.15, 0.2) is 0 Å². The predicted octanol–water partition coefficient (Wildman–Crippen LogP) is -0.892. The Morgan fingerprint density at radius 2 is 2.08 bits per heavy atom. The maximum Gasteiger partial charge on any atom is 0.312 e. The van der Waals surface area contributed by atoms with E-state index in [0.29, 0.717) is 13.2 Å². The molecule has 0 aliphatic carbocycles. The molecule has 0 spiro atoms. The molecule has 1 rings (SSSR count). The van der Waals surface area contributed by atoms with Crippen molar-refractivity contribution in [2.24, 2.45) is 5.73 Å². The number of rotatable bonds is 0. The smallest absolute Gasteiger partial charge is 0.312 e. The standard InChI is InChI=1S/C8H14N2O3/c1-5-4-13-6(2)3-10(5)8(12)7(9)11/h5-6H,3-4H2,1-2H3,(H2,9,11)/t5-,6+/m1/s1. The van der Waals surface area contributed by atoms with E-state index in [1.54, 1.807) is 0 Å². The number of nitrogens with zero attached hydrogens (tertiary/aromatic N) is 1. The van der Waals surface area contributed by atoms with Crippen molar-refractivity contribution in [2.45, 2.75) is 26.0 Å². The van der Waals surface area contributed by atoms with Gasteiger partial charge < -0.3 is 15.4 Å². The Bertz CT molecular complexity index is 229. The molecule has 0 aromatic heterocycles. The van der Waals surface area contributed by atoms with Crippen LogP contribution in [0.4, 0.5) is 0 Å². The highest BCUT2D eigenvalue weighted by Crippen LogP contribution is 2.10. The van der Waals surface area contributed by atoms with Gasteiger partial charge in [0.25, 0.3) is 0 Å². The van der Waals surface area contributed by atoms with E-state index < -0.39 is 11.8 Å². The van der Waals surface area contributed by atoms with Crippen LogP contribution in [0, 0.1) is 0 Å². The molecule has 1 aliphatic heterocycles. The van der Waals surface area contributed by atoms with Crippen molar-refractivity contribution in [1.82, 2.24) is 4.90 Å². The van der Waals surface area contributed by atoms with Gasteiger partial charge in [0.2, 0.25) is 0 Å². The molecule has 1 fully saturated rings. The van der Waals surface area contributed by atoms with Crippen LogP contribution >= 0.6 is 0 Å². The summed E-state index contributed by atoms with van der Waals surface area (Å²) in [7, 11) is 0. The second-order valence-corrected chi connectivity index (χ2v) is 3.31. The van der Waals surface area contributed by atoms with Gasteiger partial charge in [-0.25, -0.2) is 0 Å². The lowest BCUT2D eigenvalue weighted by Crippen LogP contribution is -2.53. The lowest BCUT2D eigenvalue weighted by Gasteiger charge is -2.35. The topological polar surface area (TPSA) is 72.6 Å². The van der Waals surface area contributed by atoms with Crippen molar-refractivity contribution < 1.29 is 14.3 Å². The number of carbonyl (C=O) groups excluding carboxylic acids is 2. The second-order valence-electron chi connectivity index (χ2n) is 3.31. The van der Waals surface area contributed by atoms with E-state index >= 15 is 0 Å². The average Bonchev–Trinajstić information content (AvgIpc) is 2.08. The third-order valence-electron chi connectivity index (χ3n) is 2.08. The number of ether oxygens (including phenoxy) is 1. The monoisotopic (exact) mass is 186 g/mol. The number of primary amides is 1. The molecular weight excluding hydrogens is 172 g/mol. The summed E-state index contributed by atoms with van der Waals surface area (Å²) in [6.45, 7) is 4.57. The zero-order valence-corrected chi connectivity index (χ0v) is 7.82. The van der Waals surface area contributed by atoms with Crippen LogP contribution in [0.3, 0.4) is 0 Å². The maximum absolute atomic E-state index is 11.2. The molecule has 1 saturated heterocycles. The van der Waals surface area contributed by atoms with Crippen LogP contribution in [0.1, 0.15) is 13.8 Å². The third kappa shape index (κ3) is 2.18. The SMILES string of the molecule is C[C@@H]1CO[C@@H](C)CN1C(=O)C(N)=O. The summed E-state index contributed by atoms with van der Waals surface area (Å²) in [5, 5.41) is 0. The van der Waals surface area contributed by atoms with E-state index in [-0.39, 0.29) is 12.1 Å². The Morgan fingerprint density at radius 3 is 2.62 bits per heavy atom. The normalized spacial score (nSPS) is 28.6. The van der Waals surface area contributed by atoms with Gasteiger partial charge in [-0.05, 0) is 13.8 Å². The fraction of sp³-hybridized carbons (Fsp3) is 0.750. The second kappa shape index (κ2) is 3.74. The minimum atomic E-state index is -0.902. The van der Waals surface area contributed by atoms with Crippen LogP contribution < -0.4 is 5.73 Å². The summed E-state index contributed by atoms with van der Waals surface area (Å²) in [6.07, 6.45) is -0.0282. The van der Waals surface area contributed by atoms with Gasteiger partial charge in [0.1, 0.15) is 0 Å². The lowest BCUT2D eigenvalue weighted by molar-refractivity contribution is -0.152. The number of hydrogen-bond acceptors (Lipinski definition) is 3. The molecule has 0 unspecified atom stereocenters. The Kier molecular flexibility index (Phi) is 2.87. The van der Waals surface area contributed by atoms with E-state index in [4.69, 9.17) is 10.5 Å². The molecule has 1 heterocycles. The van der Waals surface area contributed by atoms with Crippen molar-refractivity contribution >= 4 is 11.8 Å². The molecule has 2 atom stereocenters. The summed E-state index contributed by atoms with van der Waals surface area (Å²) < 4.78 is 5.30. The summed E-state index contributed by atoms with van der Waals surface area (Å²) in [6, 6.07) is -0.0730. The maximum atomic E-state index is 11.2. The first kappa shape index (κ1) is 9.98. The number of carbonyl (C=O) groups is 2. The number of amides is 2. The Balaban J connectivity index is 2.65. The van der Waals surface area contributed by atoms with E-state index in [1.807, 2.05) is 13.8 Å². The quantitative estimate of drug-likeness (QED) is 0.499. The third-order valence-corrected chi connectivity index (χ3v) is 2.08. The molecule has 0 radical (unpaired) electrons. The van der Waals surface area contributed by atoms with E-state index in [1.165, 1.54) is 4.90 Å². The van der Waals surface area contributed by atoms with Gasteiger partial charge in [-0.3, -0.25) is 9.59 Å². The Hall–Kier alpha value is -1.10. The van der Waals surface area contributed by atoms with E-state index in [0.717, 1.165) is 0 Å². The molecule has 5 heteroatoms. The largest absolute Gasteiger partial charge is 0.375 e. The Morgan fingerprint density at radius 1 is 1.46 bits per heavy atom. The molecule has 0 aromatic rings. The first-order chi connectivity index (χ1) is 6.02. The molecule has 0 bridgehead atoms. The molecule has 0 saturated carbocycles. The van der Waals surface area contributed by atoms with Crippen LogP contribution in [0.25, 0.3) is 0 Å². The van der Waals surface area contributed by atoms with Gasteiger partial charge >= 0.3 is 11.8 Å². The molecule has 1 aliphatic rings. The average molecular weight is 186 g/mol. The summed E-state index contributed by atoms with van der Waals surface area (Å²) in [4.78, 5) is 23.3. The highest BCUT2D eigenvalue weighted by atomic mass is 16.5. The molecule has 2 N–H and O–H groups in total. The summed E-state index contributed by atoms with van der Waals surface area (Å²) in [5.74, 6) is -1.52. The van der Waals surface area contributed by atoms with Crippen molar-refractivity contribution in [3.63, 3.8) is 0 Å². The summed E-state index contributed by atoms with van der Waals surface area (Å²) >= 11 is 0. The van der Waals surface area contributed by atoms with Crippen LogP contribution in [-0.2, 0) is 14.3 Å². The molecular formula is C8H14N2O3. The number of morpholine rings is 1. The summed E-state index contributed by atoms with van der Waals surface area (Å²) in [5.41, 5.74) is 4.90. The molecule has 2 amide bonds. The number of hydrogen-bond donors (Lipinski definition) is 1. The van der Waals surface area contributed by atoms with Crippen LogP contribution in [0.5, 0.6) is 0 Å². The highest BCUT2D eigenvalue weighted by molar-refractivity contribution is 6.34. The number of nitrogens with two attached hydrogens (primary N) is 1. The van der Waals surface area contributed by atoms with Gasteiger partial charge in [-0.1, -0.05) is 0 Å². The van der Waals surface area contributed by atoms with Crippen LogP contribution in [-0.4, -0.2) is 42.0 Å². The first-order valence-corrected chi connectivity index (χ1v) is 4.24. The molecule has 74 valence electrons. The van der Waals surface area contributed by atoms with Crippen molar-refractivity contribution in [2.75, 3.05) is 13.2 Å². The molecule has 13 heavy (non-hydrogen) atoms. The van der Waals surface area contributed by atoms with Crippen molar-refractivity contribution in [3.8, 4) is 0 Å². The highest BCUT2D eigenvalue weighted by Gasteiger charge is 2.29. The van der Waals surface area contributed by atoms with Gasteiger partial charge in [-0.2, -0.15) is 0 Å². The van der Waals surface area contributed by atoms with Crippen molar-refractivity contribution in [1.29, 1.82) is 0 Å². The van der Waals surface area contributed by atoms with Gasteiger partial charge in [0.05, 0.1) is 18.8 Å². The van der Waals surface area contributed by atoms with E-state index in [2.05, 4.69) is 0 Å². The zero-order valence-electron chi connectivity index (χ0n) is 7.82. The van der Waals surface area contributed by atoms with Crippen LogP contribution in [0.2, 0.25) is 0 Å². The fourth-order valence-corrected chi connectivity index (χ4v) is 1.33. The van der Waals surface area contributed by atoms with E-state index in [9.17, 15) is 9.59 Å². The zero-order chi connectivity index (χ0) is 10.0. The minimum absolute atomic E-state index is 0.0282. The minimum Gasteiger partial charge on any atom is -0.375 e.